The maximum atomic E-state index is 13.1. The molecule has 3 aromatic rings. The molecule has 2 heterocycles. The van der Waals surface area contributed by atoms with Crippen molar-refractivity contribution in [3.05, 3.63) is 93.2 Å². The predicted octanol–water partition coefficient (Wildman–Crippen LogP) is 4.84. The van der Waals surface area contributed by atoms with Crippen molar-refractivity contribution in [1.82, 2.24) is 4.90 Å². The molecular weight excluding hydrogens is 314 g/mol. The lowest BCUT2D eigenvalue weighted by molar-refractivity contribution is 0.0696. The Labute approximate surface area is 146 Å². The molecule has 1 aliphatic heterocycles. The third-order valence-electron chi connectivity index (χ3n) is 4.64. The van der Waals surface area contributed by atoms with Gasteiger partial charge in [-0.2, -0.15) is 0 Å². The van der Waals surface area contributed by atoms with Gasteiger partial charge in [0.1, 0.15) is 0 Å². The first-order chi connectivity index (χ1) is 11.7. The highest BCUT2D eigenvalue weighted by molar-refractivity contribution is 7.10. The van der Waals surface area contributed by atoms with Crippen LogP contribution in [0.4, 0.5) is 0 Å². The molecule has 1 amide bonds. The molecule has 0 spiro atoms. The summed E-state index contributed by atoms with van der Waals surface area (Å²) in [4.78, 5) is 16.5. The van der Waals surface area contributed by atoms with Crippen LogP contribution in [0.2, 0.25) is 0 Å². The van der Waals surface area contributed by atoms with E-state index in [0.29, 0.717) is 0 Å². The fourth-order valence-electron chi connectivity index (χ4n) is 3.39. The van der Waals surface area contributed by atoms with Crippen LogP contribution in [0, 0.1) is 6.92 Å². The smallest absolute Gasteiger partial charge is 0.254 e. The molecule has 1 atom stereocenters. The van der Waals surface area contributed by atoms with E-state index in [0.717, 1.165) is 18.5 Å². The highest BCUT2D eigenvalue weighted by Crippen LogP contribution is 2.38. The predicted molar refractivity (Wildman–Crippen MR) is 98.5 cm³/mol. The Morgan fingerprint density at radius 3 is 2.54 bits per heavy atom. The molecule has 24 heavy (non-hydrogen) atoms. The minimum atomic E-state index is 0.00769. The molecule has 0 fully saturated rings. The Bertz CT molecular complexity index is 851. The second kappa shape index (κ2) is 6.25. The van der Waals surface area contributed by atoms with Gasteiger partial charge in [0.05, 0.1) is 6.04 Å². The zero-order chi connectivity index (χ0) is 16.5. The van der Waals surface area contributed by atoms with Gasteiger partial charge in [0.15, 0.2) is 0 Å². The monoisotopic (exact) mass is 333 g/mol. The highest BCUT2D eigenvalue weighted by Gasteiger charge is 2.33. The lowest BCUT2D eigenvalue weighted by Gasteiger charge is -2.36. The number of nitrogens with zero attached hydrogens (tertiary/aromatic N) is 1. The number of amides is 1. The summed E-state index contributed by atoms with van der Waals surface area (Å²) in [7, 11) is 0. The SMILES string of the molecule is Cc1ccc([C@H]2c3ccsc3CCN2C(=O)c2ccccc2)cc1. The minimum Gasteiger partial charge on any atom is -0.327 e. The molecule has 1 aliphatic rings. The number of carbonyl (C=O) groups excluding carboxylic acids is 1. The molecule has 1 aromatic heterocycles. The van der Waals surface area contributed by atoms with E-state index < -0.39 is 0 Å². The number of hydrogen-bond acceptors (Lipinski definition) is 2. The lowest BCUT2D eigenvalue weighted by atomic mass is 9.92. The normalized spacial score (nSPS) is 16.7. The molecule has 4 rings (SSSR count). The van der Waals surface area contributed by atoms with Crippen molar-refractivity contribution >= 4 is 17.2 Å². The van der Waals surface area contributed by atoms with Crippen molar-refractivity contribution in [3.63, 3.8) is 0 Å². The molecule has 3 heteroatoms. The zero-order valence-electron chi connectivity index (χ0n) is 13.6. The van der Waals surface area contributed by atoms with Gasteiger partial charge in [-0.3, -0.25) is 4.79 Å². The van der Waals surface area contributed by atoms with Crippen molar-refractivity contribution < 1.29 is 4.79 Å². The van der Waals surface area contributed by atoms with Gasteiger partial charge in [-0.05, 0) is 48.1 Å². The van der Waals surface area contributed by atoms with E-state index in [-0.39, 0.29) is 11.9 Å². The van der Waals surface area contributed by atoms with Gasteiger partial charge >= 0.3 is 0 Å². The van der Waals surface area contributed by atoms with E-state index in [1.54, 1.807) is 11.3 Å². The Hall–Kier alpha value is -2.39. The van der Waals surface area contributed by atoms with Gasteiger partial charge in [-0.1, -0.05) is 48.0 Å². The fourth-order valence-corrected chi connectivity index (χ4v) is 4.29. The second-order valence-corrected chi connectivity index (χ2v) is 7.23. The van der Waals surface area contributed by atoms with Gasteiger partial charge in [-0.15, -0.1) is 11.3 Å². The van der Waals surface area contributed by atoms with E-state index in [9.17, 15) is 4.79 Å². The third-order valence-corrected chi connectivity index (χ3v) is 5.64. The van der Waals surface area contributed by atoms with Crippen LogP contribution < -0.4 is 0 Å². The maximum Gasteiger partial charge on any atom is 0.254 e. The summed E-state index contributed by atoms with van der Waals surface area (Å²) < 4.78 is 0. The first kappa shape index (κ1) is 15.2. The molecule has 0 saturated carbocycles. The zero-order valence-corrected chi connectivity index (χ0v) is 14.4. The van der Waals surface area contributed by atoms with E-state index in [1.165, 1.54) is 21.6 Å². The summed E-state index contributed by atoms with van der Waals surface area (Å²) in [5.74, 6) is 0.109. The van der Waals surface area contributed by atoms with E-state index >= 15 is 0 Å². The van der Waals surface area contributed by atoms with Crippen LogP contribution in [0.1, 0.15) is 38.0 Å². The number of aryl methyl sites for hydroxylation is 1. The Kier molecular flexibility index (Phi) is 3.95. The quantitative estimate of drug-likeness (QED) is 0.657. The molecule has 0 saturated heterocycles. The van der Waals surface area contributed by atoms with Gasteiger partial charge < -0.3 is 4.90 Å². The maximum absolute atomic E-state index is 13.1. The van der Waals surface area contributed by atoms with Crippen molar-refractivity contribution in [2.75, 3.05) is 6.54 Å². The molecule has 2 aromatic carbocycles. The van der Waals surface area contributed by atoms with Crippen molar-refractivity contribution in [1.29, 1.82) is 0 Å². The van der Waals surface area contributed by atoms with Crippen LogP contribution in [-0.2, 0) is 6.42 Å². The number of carbonyl (C=O) groups is 1. The van der Waals surface area contributed by atoms with Crippen molar-refractivity contribution in [2.24, 2.45) is 0 Å². The summed E-state index contributed by atoms with van der Waals surface area (Å²) >= 11 is 1.80. The molecule has 0 unspecified atom stereocenters. The van der Waals surface area contributed by atoms with Crippen LogP contribution in [0.15, 0.2) is 66.0 Å². The molecule has 0 aliphatic carbocycles. The highest BCUT2D eigenvalue weighted by atomic mass is 32.1. The van der Waals surface area contributed by atoms with Crippen molar-refractivity contribution in [3.8, 4) is 0 Å². The topological polar surface area (TPSA) is 20.3 Å². The number of rotatable bonds is 2. The summed E-state index contributed by atoms with van der Waals surface area (Å²) in [5, 5.41) is 2.14. The number of benzene rings is 2. The first-order valence-corrected chi connectivity index (χ1v) is 9.11. The number of hydrogen-bond donors (Lipinski definition) is 0. The van der Waals surface area contributed by atoms with E-state index in [1.807, 2.05) is 35.2 Å². The fraction of sp³-hybridized carbons (Fsp3) is 0.190. The third kappa shape index (κ3) is 2.65. The molecule has 0 radical (unpaired) electrons. The van der Waals surface area contributed by atoms with Gasteiger partial charge in [0.25, 0.3) is 5.91 Å². The van der Waals surface area contributed by atoms with Gasteiger partial charge in [0, 0.05) is 17.0 Å². The van der Waals surface area contributed by atoms with E-state index in [2.05, 4.69) is 42.6 Å². The Morgan fingerprint density at radius 1 is 1.04 bits per heavy atom. The summed E-state index contributed by atoms with van der Waals surface area (Å²) in [6, 6.07) is 20.3. The Balaban J connectivity index is 1.78. The number of thiophene rings is 1. The van der Waals surface area contributed by atoms with Crippen LogP contribution >= 0.6 is 11.3 Å². The van der Waals surface area contributed by atoms with Crippen LogP contribution in [0.25, 0.3) is 0 Å². The lowest BCUT2D eigenvalue weighted by Crippen LogP contribution is -2.40. The summed E-state index contributed by atoms with van der Waals surface area (Å²) in [5.41, 5.74) is 4.46. The minimum absolute atomic E-state index is 0.00769. The second-order valence-electron chi connectivity index (χ2n) is 6.23. The number of fused-ring (bicyclic) bond motifs is 1. The van der Waals surface area contributed by atoms with E-state index in [4.69, 9.17) is 0 Å². The Morgan fingerprint density at radius 2 is 1.79 bits per heavy atom. The average molecular weight is 333 g/mol. The standard InChI is InChI=1S/C21H19NOS/c1-15-7-9-16(10-8-15)20-18-12-14-24-19(18)11-13-22(20)21(23)17-5-3-2-4-6-17/h2-10,12,14,20H,11,13H2,1H3/t20-/m0/s1. The average Bonchev–Trinajstić information content (AvgIpc) is 3.10. The van der Waals surface area contributed by atoms with Gasteiger partial charge in [-0.25, -0.2) is 0 Å². The summed E-state index contributed by atoms with van der Waals surface area (Å²) in [6.45, 7) is 2.85. The molecule has 0 N–H and O–H groups in total. The largest absolute Gasteiger partial charge is 0.327 e. The summed E-state index contributed by atoms with van der Waals surface area (Å²) in [6.07, 6.45) is 0.938. The molecule has 2 nitrogen and oxygen atoms in total. The van der Waals surface area contributed by atoms with Gasteiger partial charge in [0.2, 0.25) is 0 Å². The van der Waals surface area contributed by atoms with Crippen molar-refractivity contribution in [2.45, 2.75) is 19.4 Å². The molecular formula is C21H19NOS. The van der Waals surface area contributed by atoms with Crippen LogP contribution in [0.3, 0.4) is 0 Å². The molecule has 0 bridgehead atoms. The van der Waals surface area contributed by atoms with Crippen LogP contribution in [-0.4, -0.2) is 17.4 Å². The van der Waals surface area contributed by atoms with Crippen LogP contribution in [0.5, 0.6) is 0 Å². The first-order valence-electron chi connectivity index (χ1n) is 8.23. The molecule has 120 valence electrons.